The Hall–Kier alpha value is -0.570. The Labute approximate surface area is 75.3 Å². The van der Waals surface area contributed by atoms with E-state index in [1.54, 1.807) is 13.8 Å². The lowest BCUT2D eigenvalue weighted by atomic mass is 10.0. The molecule has 0 aromatic heterocycles. The number of rotatable bonds is 2. The number of halogens is 2. The maximum Gasteiger partial charge on any atom is 0.123 e. The molecule has 0 radical (unpaired) electrons. The van der Waals surface area contributed by atoms with Gasteiger partial charge in [0.2, 0.25) is 0 Å². The van der Waals surface area contributed by atoms with E-state index in [1.807, 2.05) is 0 Å². The smallest absolute Gasteiger partial charge is 0.123 e. The summed E-state index contributed by atoms with van der Waals surface area (Å²) in [5.41, 5.74) is 2.53. The molecular weight excluding hydrogens is 178 g/mol. The van der Waals surface area contributed by atoms with Crippen molar-refractivity contribution >= 4 is 12.1 Å². The zero-order valence-electron chi connectivity index (χ0n) is 7.03. The average Bonchev–Trinajstić information content (AvgIpc) is 1.96. The topological polar surface area (TPSA) is 0 Å². The largest absolute Gasteiger partial charge is 0.207 e. The summed E-state index contributed by atoms with van der Waals surface area (Å²) >= 11 is 0.266. The maximum absolute atomic E-state index is 12.7. The summed E-state index contributed by atoms with van der Waals surface area (Å²) in [6, 6.07) is 2.86. The lowest BCUT2D eigenvalue weighted by molar-refractivity contribution is 0.624. The van der Waals surface area contributed by atoms with E-state index in [1.165, 1.54) is 12.1 Å². The zero-order valence-corrected chi connectivity index (χ0v) is 7.84. The fourth-order valence-corrected chi connectivity index (χ4v) is 1.79. The molecule has 0 unspecified atom stereocenters. The molecule has 1 aromatic rings. The zero-order chi connectivity index (χ0) is 9.14. The SMILES string of the molecule is Cc1cc(F)cc(C)c1CSF. The van der Waals surface area contributed by atoms with Crippen molar-refractivity contribution in [1.29, 1.82) is 0 Å². The Bertz CT molecular complexity index is 261. The van der Waals surface area contributed by atoms with Gasteiger partial charge < -0.3 is 0 Å². The van der Waals surface area contributed by atoms with Crippen molar-refractivity contribution in [3.63, 3.8) is 0 Å². The third-order valence-corrected chi connectivity index (χ3v) is 2.26. The number of aryl methyl sites for hydroxylation is 2. The summed E-state index contributed by atoms with van der Waals surface area (Å²) in [6.07, 6.45) is 0. The first-order valence-electron chi connectivity index (χ1n) is 3.64. The van der Waals surface area contributed by atoms with E-state index in [-0.39, 0.29) is 18.0 Å². The fourth-order valence-electron chi connectivity index (χ4n) is 1.22. The summed E-state index contributed by atoms with van der Waals surface area (Å²) in [5, 5.41) is 0. The van der Waals surface area contributed by atoms with E-state index in [0.717, 1.165) is 16.7 Å². The quantitative estimate of drug-likeness (QED) is 0.683. The van der Waals surface area contributed by atoms with E-state index in [4.69, 9.17) is 0 Å². The molecule has 0 saturated heterocycles. The number of hydrogen-bond acceptors (Lipinski definition) is 1. The van der Waals surface area contributed by atoms with Crippen LogP contribution in [-0.4, -0.2) is 0 Å². The molecule has 12 heavy (non-hydrogen) atoms. The highest BCUT2D eigenvalue weighted by Gasteiger charge is 2.04. The highest BCUT2D eigenvalue weighted by atomic mass is 32.2. The Morgan fingerprint density at radius 1 is 1.25 bits per heavy atom. The van der Waals surface area contributed by atoms with Gasteiger partial charge in [-0.05, 0) is 42.7 Å². The molecule has 0 heterocycles. The molecule has 0 fully saturated rings. The standard InChI is InChI=1S/C9H10F2S/c1-6-3-8(10)4-7(2)9(6)5-12-11/h3-4H,5H2,1-2H3. The van der Waals surface area contributed by atoms with Crippen LogP contribution in [0.1, 0.15) is 16.7 Å². The first kappa shape index (κ1) is 9.52. The van der Waals surface area contributed by atoms with Crippen molar-refractivity contribution in [1.82, 2.24) is 0 Å². The summed E-state index contributed by atoms with van der Waals surface area (Å²) in [7, 11) is 0. The molecule has 0 amide bonds. The minimum absolute atomic E-state index is 0.252. The normalized spacial score (nSPS) is 10.3. The van der Waals surface area contributed by atoms with Crippen LogP contribution < -0.4 is 0 Å². The lowest BCUT2D eigenvalue weighted by Gasteiger charge is -2.06. The summed E-state index contributed by atoms with van der Waals surface area (Å²) in [4.78, 5) is 0. The van der Waals surface area contributed by atoms with E-state index in [0.29, 0.717) is 5.75 Å². The third kappa shape index (κ3) is 1.97. The predicted octanol–water partition coefficient (Wildman–Crippen LogP) is 3.56. The van der Waals surface area contributed by atoms with Gasteiger partial charge in [0.15, 0.2) is 0 Å². The molecule has 0 N–H and O–H groups in total. The van der Waals surface area contributed by atoms with E-state index in [2.05, 4.69) is 0 Å². The second-order valence-corrected chi connectivity index (χ2v) is 3.28. The Balaban J connectivity index is 3.10. The van der Waals surface area contributed by atoms with Crippen LogP contribution >= 0.6 is 12.1 Å². The van der Waals surface area contributed by atoms with E-state index >= 15 is 0 Å². The van der Waals surface area contributed by atoms with Crippen LogP contribution in [0.3, 0.4) is 0 Å². The molecule has 0 nitrogen and oxygen atoms in total. The van der Waals surface area contributed by atoms with Gasteiger partial charge in [0.25, 0.3) is 0 Å². The Morgan fingerprint density at radius 3 is 2.17 bits per heavy atom. The molecule has 66 valence electrons. The van der Waals surface area contributed by atoms with Crippen molar-refractivity contribution < 1.29 is 8.28 Å². The van der Waals surface area contributed by atoms with Crippen molar-refractivity contribution in [2.24, 2.45) is 0 Å². The van der Waals surface area contributed by atoms with Gasteiger partial charge in [-0.15, -0.1) is 0 Å². The van der Waals surface area contributed by atoms with Crippen LogP contribution in [0.15, 0.2) is 12.1 Å². The third-order valence-electron chi connectivity index (χ3n) is 1.86. The van der Waals surface area contributed by atoms with Crippen molar-refractivity contribution in [3.05, 3.63) is 34.6 Å². The van der Waals surface area contributed by atoms with Crippen LogP contribution in [0.5, 0.6) is 0 Å². The molecule has 0 atom stereocenters. The van der Waals surface area contributed by atoms with Crippen LogP contribution in [0, 0.1) is 19.7 Å². The van der Waals surface area contributed by atoms with Gasteiger partial charge in [-0.3, -0.25) is 0 Å². The average molecular weight is 188 g/mol. The van der Waals surface area contributed by atoms with Gasteiger partial charge in [-0.2, -0.15) is 3.89 Å². The molecule has 1 rings (SSSR count). The Morgan fingerprint density at radius 2 is 1.75 bits per heavy atom. The fraction of sp³-hybridized carbons (Fsp3) is 0.333. The van der Waals surface area contributed by atoms with Gasteiger partial charge >= 0.3 is 0 Å². The minimum Gasteiger partial charge on any atom is -0.207 e. The predicted molar refractivity (Wildman–Crippen MR) is 48.3 cm³/mol. The molecule has 0 aliphatic carbocycles. The van der Waals surface area contributed by atoms with Gasteiger partial charge in [0.1, 0.15) is 5.82 Å². The van der Waals surface area contributed by atoms with Gasteiger partial charge in [-0.25, -0.2) is 4.39 Å². The first-order valence-corrected chi connectivity index (χ1v) is 4.53. The van der Waals surface area contributed by atoms with Gasteiger partial charge in [0.05, 0.1) is 5.75 Å². The Kier molecular flexibility index (Phi) is 3.09. The lowest BCUT2D eigenvalue weighted by Crippen LogP contribution is -1.92. The molecule has 1 aromatic carbocycles. The van der Waals surface area contributed by atoms with E-state index in [9.17, 15) is 8.28 Å². The van der Waals surface area contributed by atoms with Crippen LogP contribution in [0.25, 0.3) is 0 Å². The second kappa shape index (κ2) is 3.90. The summed E-state index contributed by atoms with van der Waals surface area (Å²) < 4.78 is 24.7. The molecule has 0 aliphatic rings. The number of hydrogen-bond donors (Lipinski definition) is 0. The first-order chi connectivity index (χ1) is 5.65. The van der Waals surface area contributed by atoms with Crippen LogP contribution in [-0.2, 0) is 5.75 Å². The maximum atomic E-state index is 12.7. The van der Waals surface area contributed by atoms with Crippen LogP contribution in [0.2, 0.25) is 0 Å². The molecule has 3 heteroatoms. The van der Waals surface area contributed by atoms with Crippen molar-refractivity contribution in [2.45, 2.75) is 19.6 Å². The van der Waals surface area contributed by atoms with Crippen molar-refractivity contribution in [2.75, 3.05) is 0 Å². The monoisotopic (exact) mass is 188 g/mol. The van der Waals surface area contributed by atoms with Gasteiger partial charge in [0, 0.05) is 12.1 Å². The van der Waals surface area contributed by atoms with Crippen molar-refractivity contribution in [3.8, 4) is 0 Å². The van der Waals surface area contributed by atoms with Crippen LogP contribution in [0.4, 0.5) is 8.28 Å². The van der Waals surface area contributed by atoms with E-state index < -0.39 is 0 Å². The minimum atomic E-state index is -0.252. The highest BCUT2D eigenvalue weighted by molar-refractivity contribution is 7.93. The summed E-state index contributed by atoms with van der Waals surface area (Å²) in [5.74, 6) is 0.0513. The molecule has 0 bridgehead atoms. The molecule has 0 saturated carbocycles. The molecular formula is C9H10F2S. The van der Waals surface area contributed by atoms with Gasteiger partial charge in [-0.1, -0.05) is 0 Å². The highest BCUT2D eigenvalue weighted by Crippen LogP contribution is 2.21. The number of benzene rings is 1. The second-order valence-electron chi connectivity index (χ2n) is 2.77. The molecule has 0 spiro atoms. The summed E-state index contributed by atoms with van der Waals surface area (Å²) in [6.45, 7) is 3.59. The molecule has 0 aliphatic heterocycles.